The molecule has 0 radical (unpaired) electrons. The molecule has 1 nitrogen and oxygen atoms in total. The molecule has 582 valence electrons. The van der Waals surface area contributed by atoms with Crippen molar-refractivity contribution in [2.75, 3.05) is 4.90 Å². The average Bonchev–Trinajstić information content (AvgIpc) is 1.53. The van der Waals surface area contributed by atoms with Gasteiger partial charge in [0.25, 0.3) is 0 Å². The van der Waals surface area contributed by atoms with E-state index < -0.39 is 10.8 Å². The van der Waals surface area contributed by atoms with Crippen LogP contribution in [0.1, 0.15) is 67.1 Å². The lowest BCUT2D eigenvalue weighted by Gasteiger charge is -2.34. The van der Waals surface area contributed by atoms with E-state index >= 15 is 0 Å². The van der Waals surface area contributed by atoms with Gasteiger partial charge >= 0.3 is 0 Å². The monoisotopic (exact) mass is 1610 g/mol. The molecule has 0 bridgehead atoms. The Kier molecular flexibility index (Phi) is 18.6. The highest BCUT2D eigenvalue weighted by molar-refractivity contribution is 7.26. The molecule has 3 heteroatoms. The summed E-state index contributed by atoms with van der Waals surface area (Å²) in [5.41, 5.74) is 34.2. The van der Waals surface area contributed by atoms with E-state index in [1.165, 1.54) is 190 Å². The second-order valence-corrected chi connectivity index (χ2v) is 35.0. The van der Waals surface area contributed by atoms with Crippen molar-refractivity contribution in [2.24, 2.45) is 0 Å². The number of thiophene rings is 2. The van der Waals surface area contributed by atoms with Crippen LogP contribution in [0.4, 0.5) is 17.1 Å². The van der Waals surface area contributed by atoms with Gasteiger partial charge in [-0.15, -0.1) is 22.7 Å². The van der Waals surface area contributed by atoms with E-state index in [-0.39, 0.29) is 5.92 Å². The minimum absolute atomic E-state index is 0.114. The second kappa shape index (κ2) is 31.2. The maximum Gasteiger partial charge on any atom is 0.0714 e. The highest BCUT2D eigenvalue weighted by Gasteiger charge is 2.48. The molecular formula is C121H81NS2. The van der Waals surface area contributed by atoms with E-state index in [0.29, 0.717) is 0 Å². The van der Waals surface area contributed by atoms with Gasteiger partial charge in [0.15, 0.2) is 0 Å². The molecule has 0 saturated heterocycles. The van der Waals surface area contributed by atoms with E-state index in [2.05, 4.69) is 490 Å². The van der Waals surface area contributed by atoms with Crippen molar-refractivity contribution in [1.82, 2.24) is 0 Å². The Labute approximate surface area is 731 Å². The molecule has 22 aromatic rings. The molecule has 0 spiro atoms. The quantitative estimate of drug-likeness (QED) is 0.0925. The number of para-hydroxylation sites is 1. The van der Waals surface area contributed by atoms with Crippen molar-refractivity contribution in [1.29, 1.82) is 0 Å². The fourth-order valence-corrected chi connectivity index (χ4v) is 22.6. The van der Waals surface area contributed by atoms with E-state index in [4.69, 9.17) is 0 Å². The molecule has 0 amide bonds. The minimum Gasteiger partial charge on any atom is -0.310 e. The first kappa shape index (κ1) is 74.0. The minimum atomic E-state index is -0.538. The summed E-state index contributed by atoms with van der Waals surface area (Å²) in [4.78, 5) is 2.35. The zero-order chi connectivity index (χ0) is 82.1. The normalized spacial score (nSPS) is 13.7. The van der Waals surface area contributed by atoms with Gasteiger partial charge in [0.2, 0.25) is 0 Å². The van der Waals surface area contributed by atoms with Crippen LogP contribution in [0.15, 0.2) is 485 Å². The van der Waals surface area contributed by atoms with Crippen LogP contribution >= 0.6 is 22.7 Å². The number of hydrogen-bond donors (Lipinski definition) is 0. The van der Waals surface area contributed by atoms with Crippen LogP contribution in [0.3, 0.4) is 0 Å². The van der Waals surface area contributed by atoms with Crippen molar-refractivity contribution in [3.05, 3.63) is 547 Å². The van der Waals surface area contributed by atoms with Crippen molar-refractivity contribution >= 4 is 90.9 Å². The molecule has 2 aliphatic rings. The van der Waals surface area contributed by atoms with Gasteiger partial charge in [-0.05, 0) is 235 Å². The van der Waals surface area contributed by atoms with E-state index in [0.717, 1.165) is 17.1 Å². The third kappa shape index (κ3) is 12.7. The summed E-state index contributed by atoms with van der Waals surface area (Å²) in [7, 11) is 0. The molecule has 2 unspecified atom stereocenters. The predicted molar refractivity (Wildman–Crippen MR) is 526 cm³/mol. The number of hydrogen-bond acceptors (Lipinski definition) is 3. The fourth-order valence-electron chi connectivity index (χ4n) is 20.3. The lowest BCUT2D eigenvalue weighted by Crippen LogP contribution is -2.28. The van der Waals surface area contributed by atoms with Crippen molar-refractivity contribution < 1.29 is 0 Å². The molecule has 0 fully saturated rings. The van der Waals surface area contributed by atoms with Crippen LogP contribution in [-0.2, 0) is 10.8 Å². The largest absolute Gasteiger partial charge is 0.310 e. The van der Waals surface area contributed by atoms with E-state index in [9.17, 15) is 0 Å². The van der Waals surface area contributed by atoms with E-state index in [1.54, 1.807) is 0 Å². The second-order valence-electron chi connectivity index (χ2n) is 32.8. The summed E-state index contributed by atoms with van der Waals surface area (Å²) in [6.45, 7) is 0. The Bertz CT molecular complexity index is 7720. The SMILES string of the molecule is c1ccc(-c2ccc(C(c3ccccc3)c3cccc(-c4ccc5sc6cc(C7(c8ccccc8)c8ccccc8-c8ccccc87)ccc6c5c4)c3)cc2)cc1.c1ccc(-c2ccc(N(c3ccccc3)c3cccc(-c4ccc5c(c4)sc4cc(C6(c7cccc(-c8ccccc8)c7)c7ccccc7-c7cc8ccccc8cc76)ccc45)c3)cc2)cc1. The first-order valence-corrected chi connectivity index (χ1v) is 44.5. The van der Waals surface area contributed by atoms with Crippen LogP contribution < -0.4 is 4.90 Å². The molecule has 2 heterocycles. The van der Waals surface area contributed by atoms with Crippen molar-refractivity contribution in [3.63, 3.8) is 0 Å². The van der Waals surface area contributed by atoms with Gasteiger partial charge in [-0.25, -0.2) is 0 Å². The average molecular weight is 1610 g/mol. The standard InChI is InChI=1S/C65H43NS.C56H38S/c1-4-16-44(17-5-1)46-30-34-55(35-31-46)66(54-25-8-3-9-26-54)56-27-15-23-48(39-56)51-32-36-58-59-37-33-53(43-64(59)67-63(58)42-51)65(52-24-14-22-47(38-52)45-18-6-2-7-19-45)61-29-13-12-28-57(61)60-40-49-20-10-11-21-50(49)41-62(60)65;1-4-15-38(16-5-1)39-27-29-41(30-28-39)55(40-17-6-2-7-18-40)44-20-14-19-42(35-44)43-31-34-53-50(36-43)49-33-32-46(37-54(49)57-53)56(45-21-8-3-9-22-45)51-25-12-10-23-47(51)48-24-11-13-26-52(48)56/h1-43H;1-37,55H. The van der Waals surface area contributed by atoms with E-state index in [1.807, 2.05) is 22.7 Å². The van der Waals surface area contributed by atoms with Gasteiger partial charge in [-0.1, -0.05) is 400 Å². The highest BCUT2D eigenvalue weighted by Crippen LogP contribution is 2.60. The Morgan fingerprint density at radius 2 is 0.540 bits per heavy atom. The van der Waals surface area contributed by atoms with Crippen LogP contribution in [0.5, 0.6) is 0 Å². The third-order valence-corrected chi connectivity index (χ3v) is 28.3. The Morgan fingerprint density at radius 3 is 1.15 bits per heavy atom. The van der Waals surface area contributed by atoms with Crippen LogP contribution in [0, 0.1) is 0 Å². The van der Waals surface area contributed by atoms with Gasteiger partial charge in [0.1, 0.15) is 0 Å². The summed E-state index contributed by atoms with van der Waals surface area (Å²) < 4.78 is 5.19. The summed E-state index contributed by atoms with van der Waals surface area (Å²) >= 11 is 3.79. The maximum atomic E-state index is 2.50. The molecule has 24 rings (SSSR count). The number of benzene rings is 20. The molecular weight excluding hydrogens is 1530 g/mol. The van der Waals surface area contributed by atoms with Crippen LogP contribution in [-0.4, -0.2) is 0 Å². The Morgan fingerprint density at radius 1 is 0.177 bits per heavy atom. The molecule has 0 aliphatic heterocycles. The van der Waals surface area contributed by atoms with Crippen LogP contribution in [0.2, 0.25) is 0 Å². The topological polar surface area (TPSA) is 3.24 Å². The van der Waals surface area contributed by atoms with Gasteiger partial charge in [-0.3, -0.25) is 0 Å². The Hall–Kier alpha value is -15.1. The molecule has 0 saturated carbocycles. The van der Waals surface area contributed by atoms with Gasteiger partial charge in [-0.2, -0.15) is 0 Å². The summed E-state index contributed by atoms with van der Waals surface area (Å²) in [6, 6.07) is 179. The molecule has 2 aromatic heterocycles. The number of rotatable bonds is 15. The van der Waals surface area contributed by atoms with Gasteiger partial charge < -0.3 is 4.90 Å². The molecule has 2 aliphatic carbocycles. The molecule has 0 N–H and O–H groups in total. The molecule has 2 atom stereocenters. The zero-order valence-corrected chi connectivity index (χ0v) is 69.7. The maximum absolute atomic E-state index is 2.50. The molecule has 20 aromatic carbocycles. The van der Waals surface area contributed by atoms with Crippen molar-refractivity contribution in [3.8, 4) is 77.9 Å². The first-order valence-electron chi connectivity index (χ1n) is 42.8. The Balaban J connectivity index is 0.000000145. The van der Waals surface area contributed by atoms with Crippen molar-refractivity contribution in [2.45, 2.75) is 16.7 Å². The summed E-state index contributed by atoms with van der Waals surface area (Å²) in [6.07, 6.45) is 0. The third-order valence-electron chi connectivity index (χ3n) is 26.0. The summed E-state index contributed by atoms with van der Waals surface area (Å²) in [5.74, 6) is 0.114. The van der Waals surface area contributed by atoms with Gasteiger partial charge in [0, 0.05) is 63.3 Å². The highest BCUT2D eigenvalue weighted by atomic mass is 32.1. The first-order chi connectivity index (χ1) is 61.4. The molecule has 124 heavy (non-hydrogen) atoms. The zero-order valence-electron chi connectivity index (χ0n) is 68.0. The lowest BCUT2D eigenvalue weighted by molar-refractivity contribution is 0.770. The number of anilines is 3. The summed E-state index contributed by atoms with van der Waals surface area (Å²) in [5, 5.41) is 7.70. The van der Waals surface area contributed by atoms with Crippen LogP contribution in [0.25, 0.3) is 129 Å². The fraction of sp³-hybridized carbons (Fsp3) is 0.0248. The van der Waals surface area contributed by atoms with Gasteiger partial charge in [0.05, 0.1) is 10.8 Å². The lowest BCUT2D eigenvalue weighted by atomic mass is 9.67. The predicted octanol–water partition coefficient (Wildman–Crippen LogP) is 33.0. The number of nitrogens with zero attached hydrogens (tertiary/aromatic N) is 1. The number of fused-ring (bicyclic) bond motifs is 13. The smallest absolute Gasteiger partial charge is 0.0714 e.